The first kappa shape index (κ1) is 10.7. The van der Waals surface area contributed by atoms with Crippen LogP contribution >= 0.6 is 0 Å². The molecule has 0 aliphatic carbocycles. The molecule has 0 aromatic heterocycles. The molecule has 0 aliphatic heterocycles. The molecule has 0 saturated heterocycles. The van der Waals surface area contributed by atoms with Gasteiger partial charge in [-0.3, -0.25) is 0 Å². The third-order valence-electron chi connectivity index (χ3n) is 2.04. The third kappa shape index (κ3) is 7.60. The van der Waals surface area contributed by atoms with Gasteiger partial charge in [0.2, 0.25) is 0 Å². The van der Waals surface area contributed by atoms with Gasteiger partial charge in [-0.15, -0.1) is 0 Å². The zero-order chi connectivity index (χ0) is 8.53. The quantitative estimate of drug-likeness (QED) is 0.463. The summed E-state index contributed by atoms with van der Waals surface area (Å²) in [5, 5.41) is 8.43. The first-order valence-corrected chi connectivity index (χ1v) is 4.57. The van der Waals surface area contributed by atoms with Crippen molar-refractivity contribution in [3.05, 3.63) is 12.2 Å². The zero-order valence-corrected chi connectivity index (χ0v) is 7.71. The molecule has 1 nitrogen and oxygen atoms in total. The van der Waals surface area contributed by atoms with Crippen molar-refractivity contribution in [2.75, 3.05) is 6.61 Å². The Bertz CT molecular complexity index is 97.0. The monoisotopic (exact) mass is 156 g/mol. The summed E-state index contributed by atoms with van der Waals surface area (Å²) in [7, 11) is 0. The lowest BCUT2D eigenvalue weighted by Gasteiger charge is -2.05. The molecule has 66 valence electrons. The summed E-state index contributed by atoms with van der Waals surface area (Å²) >= 11 is 0. The minimum atomic E-state index is 0.184. The molecule has 0 saturated carbocycles. The fourth-order valence-electron chi connectivity index (χ4n) is 0.981. The molecular weight excluding hydrogens is 136 g/mol. The molecule has 0 radical (unpaired) electrons. The van der Waals surface area contributed by atoms with Crippen LogP contribution in [0.15, 0.2) is 12.2 Å². The lowest BCUT2D eigenvalue weighted by atomic mass is 10.0. The van der Waals surface area contributed by atoms with E-state index in [1.54, 1.807) is 0 Å². The van der Waals surface area contributed by atoms with Gasteiger partial charge in [-0.1, -0.05) is 38.8 Å². The van der Waals surface area contributed by atoms with E-state index in [4.69, 9.17) is 5.11 Å². The highest BCUT2D eigenvalue weighted by molar-refractivity contribution is 4.80. The average Bonchev–Trinajstić information content (AvgIpc) is 2.04. The third-order valence-corrected chi connectivity index (χ3v) is 2.04. The molecule has 0 amide bonds. The fraction of sp³-hybridized carbons (Fsp3) is 0.800. The largest absolute Gasteiger partial charge is 0.392 e. The van der Waals surface area contributed by atoms with Gasteiger partial charge in [-0.2, -0.15) is 0 Å². The standard InChI is InChI=1S/C10H20O/c1-3-10(2)8-6-4-5-7-9-11/h5,7,10-11H,3-4,6,8-9H2,1-2H3. The van der Waals surface area contributed by atoms with Crippen LogP contribution in [0.2, 0.25) is 0 Å². The van der Waals surface area contributed by atoms with Gasteiger partial charge in [0, 0.05) is 0 Å². The van der Waals surface area contributed by atoms with Crippen LogP contribution in [0.3, 0.4) is 0 Å². The van der Waals surface area contributed by atoms with Crippen LogP contribution in [0.25, 0.3) is 0 Å². The fourth-order valence-corrected chi connectivity index (χ4v) is 0.981. The van der Waals surface area contributed by atoms with E-state index in [0.29, 0.717) is 0 Å². The molecule has 1 unspecified atom stereocenters. The molecule has 0 heterocycles. The van der Waals surface area contributed by atoms with Crippen molar-refractivity contribution < 1.29 is 5.11 Å². The van der Waals surface area contributed by atoms with Crippen molar-refractivity contribution >= 4 is 0 Å². The first-order valence-electron chi connectivity index (χ1n) is 4.57. The van der Waals surface area contributed by atoms with Crippen molar-refractivity contribution in [2.24, 2.45) is 5.92 Å². The molecule has 0 rings (SSSR count). The van der Waals surface area contributed by atoms with E-state index in [0.717, 1.165) is 12.3 Å². The maximum atomic E-state index is 8.43. The molecule has 0 fully saturated rings. The van der Waals surface area contributed by atoms with E-state index in [-0.39, 0.29) is 6.61 Å². The van der Waals surface area contributed by atoms with Crippen LogP contribution in [0.1, 0.15) is 39.5 Å². The van der Waals surface area contributed by atoms with E-state index in [9.17, 15) is 0 Å². The predicted octanol–water partition coefficient (Wildman–Crippen LogP) is 2.75. The Hall–Kier alpha value is -0.300. The SMILES string of the molecule is CCC(C)CCCC=CCO. The van der Waals surface area contributed by atoms with Crippen LogP contribution in [0.4, 0.5) is 0 Å². The van der Waals surface area contributed by atoms with Crippen LogP contribution < -0.4 is 0 Å². The summed E-state index contributed by atoms with van der Waals surface area (Å²) in [6.45, 7) is 4.70. The van der Waals surface area contributed by atoms with Gasteiger partial charge in [0.15, 0.2) is 0 Å². The van der Waals surface area contributed by atoms with Crippen molar-refractivity contribution in [2.45, 2.75) is 39.5 Å². The van der Waals surface area contributed by atoms with Gasteiger partial charge in [0.25, 0.3) is 0 Å². The predicted molar refractivity (Wildman–Crippen MR) is 49.5 cm³/mol. The molecular formula is C10H20O. The Morgan fingerprint density at radius 1 is 1.36 bits per heavy atom. The van der Waals surface area contributed by atoms with Crippen LogP contribution in [-0.4, -0.2) is 11.7 Å². The van der Waals surface area contributed by atoms with E-state index in [1.165, 1.54) is 19.3 Å². The van der Waals surface area contributed by atoms with E-state index in [2.05, 4.69) is 19.9 Å². The Morgan fingerprint density at radius 2 is 2.09 bits per heavy atom. The first-order chi connectivity index (χ1) is 5.31. The minimum Gasteiger partial charge on any atom is -0.392 e. The topological polar surface area (TPSA) is 20.2 Å². The summed E-state index contributed by atoms with van der Waals surface area (Å²) in [4.78, 5) is 0. The number of hydrogen-bond donors (Lipinski definition) is 1. The van der Waals surface area contributed by atoms with Gasteiger partial charge in [-0.25, -0.2) is 0 Å². The number of hydrogen-bond acceptors (Lipinski definition) is 1. The smallest absolute Gasteiger partial charge is 0.0612 e. The zero-order valence-electron chi connectivity index (χ0n) is 7.71. The van der Waals surface area contributed by atoms with Crippen molar-refractivity contribution in [3.8, 4) is 0 Å². The lowest BCUT2D eigenvalue weighted by molar-refractivity contribution is 0.342. The number of allylic oxidation sites excluding steroid dienone is 1. The molecule has 0 aliphatic rings. The summed E-state index contributed by atoms with van der Waals surface area (Å²) in [6.07, 6.45) is 8.84. The highest BCUT2D eigenvalue weighted by Gasteiger charge is 1.95. The van der Waals surface area contributed by atoms with Crippen LogP contribution in [-0.2, 0) is 0 Å². The second-order valence-corrected chi connectivity index (χ2v) is 3.10. The molecule has 0 aromatic carbocycles. The highest BCUT2D eigenvalue weighted by atomic mass is 16.2. The summed E-state index contributed by atoms with van der Waals surface area (Å²) in [6, 6.07) is 0. The van der Waals surface area contributed by atoms with Gasteiger partial charge in [0.05, 0.1) is 6.61 Å². The van der Waals surface area contributed by atoms with Gasteiger partial charge in [0.1, 0.15) is 0 Å². The molecule has 0 bridgehead atoms. The Morgan fingerprint density at radius 3 is 2.64 bits per heavy atom. The normalized spacial score (nSPS) is 14.1. The Labute approximate surface area is 70.1 Å². The molecule has 11 heavy (non-hydrogen) atoms. The maximum absolute atomic E-state index is 8.43. The second-order valence-electron chi connectivity index (χ2n) is 3.10. The van der Waals surface area contributed by atoms with E-state index in [1.807, 2.05) is 6.08 Å². The Kier molecular flexibility index (Phi) is 7.59. The number of rotatable bonds is 6. The summed E-state index contributed by atoms with van der Waals surface area (Å²) in [5.41, 5.74) is 0. The number of aliphatic hydroxyl groups excluding tert-OH is 1. The Balaban J connectivity index is 3.07. The molecule has 1 N–H and O–H groups in total. The van der Waals surface area contributed by atoms with E-state index >= 15 is 0 Å². The van der Waals surface area contributed by atoms with Gasteiger partial charge >= 0.3 is 0 Å². The van der Waals surface area contributed by atoms with Crippen LogP contribution in [0, 0.1) is 5.92 Å². The summed E-state index contributed by atoms with van der Waals surface area (Å²) in [5.74, 6) is 0.859. The lowest BCUT2D eigenvalue weighted by Crippen LogP contribution is -1.90. The number of unbranched alkanes of at least 4 members (excludes halogenated alkanes) is 1. The molecule has 1 atom stereocenters. The maximum Gasteiger partial charge on any atom is 0.0612 e. The highest BCUT2D eigenvalue weighted by Crippen LogP contribution is 2.10. The second kappa shape index (κ2) is 7.80. The molecule has 0 aromatic rings. The van der Waals surface area contributed by atoms with Crippen molar-refractivity contribution in [3.63, 3.8) is 0 Å². The van der Waals surface area contributed by atoms with Crippen molar-refractivity contribution in [1.82, 2.24) is 0 Å². The van der Waals surface area contributed by atoms with Crippen LogP contribution in [0.5, 0.6) is 0 Å². The van der Waals surface area contributed by atoms with E-state index < -0.39 is 0 Å². The molecule has 1 heteroatoms. The molecule has 0 spiro atoms. The van der Waals surface area contributed by atoms with Gasteiger partial charge < -0.3 is 5.11 Å². The van der Waals surface area contributed by atoms with Gasteiger partial charge in [-0.05, 0) is 18.8 Å². The van der Waals surface area contributed by atoms with Crippen molar-refractivity contribution in [1.29, 1.82) is 0 Å². The average molecular weight is 156 g/mol. The minimum absolute atomic E-state index is 0.184. The number of aliphatic hydroxyl groups is 1. The summed E-state index contributed by atoms with van der Waals surface area (Å²) < 4.78 is 0.